The molecule has 3 rings (SSSR count). The van der Waals surface area contributed by atoms with E-state index < -0.39 is 0 Å². The summed E-state index contributed by atoms with van der Waals surface area (Å²) in [5, 5.41) is 2.92. The monoisotopic (exact) mass is 410 g/mol. The second-order valence-electron chi connectivity index (χ2n) is 6.51. The first-order valence-electron chi connectivity index (χ1n) is 9.65. The van der Waals surface area contributed by atoms with Crippen LogP contribution in [0.3, 0.4) is 0 Å². The fraction of sp³-hybridized carbons (Fsp3) is 0.261. The summed E-state index contributed by atoms with van der Waals surface area (Å²) in [6, 6.07) is 16.3. The van der Waals surface area contributed by atoms with Gasteiger partial charge in [0.25, 0.3) is 0 Å². The molecule has 0 unspecified atom stereocenters. The minimum absolute atomic E-state index is 0.274. The van der Waals surface area contributed by atoms with E-state index >= 15 is 0 Å². The Bertz CT molecular complexity index is 939. The van der Waals surface area contributed by atoms with Crippen LogP contribution >= 0.6 is 0 Å². The van der Waals surface area contributed by atoms with Crippen LogP contribution in [0, 0.1) is 0 Å². The average molecular weight is 410 g/mol. The Morgan fingerprint density at radius 3 is 2.40 bits per heavy atom. The molecule has 7 nitrogen and oxygen atoms in total. The summed E-state index contributed by atoms with van der Waals surface area (Å²) in [7, 11) is 3.12. The van der Waals surface area contributed by atoms with Crippen molar-refractivity contribution in [3.05, 3.63) is 72.2 Å². The van der Waals surface area contributed by atoms with Gasteiger partial charge in [-0.25, -0.2) is 4.79 Å². The lowest BCUT2D eigenvalue weighted by molar-refractivity contribution is 0.201. The molecule has 0 saturated carbocycles. The molecule has 7 heteroatoms. The molecule has 1 N–H and O–H groups in total. The third-order valence-corrected chi connectivity index (χ3v) is 4.47. The van der Waals surface area contributed by atoms with E-state index in [9.17, 15) is 4.79 Å². The lowest BCUT2D eigenvalue weighted by atomic mass is 10.2. The van der Waals surface area contributed by atoms with Crippen molar-refractivity contribution in [2.75, 3.05) is 26.1 Å². The number of nitrogens with one attached hydrogen (secondary N) is 1. The first-order chi connectivity index (χ1) is 14.6. The van der Waals surface area contributed by atoms with Gasteiger partial charge < -0.3 is 28.8 Å². The van der Waals surface area contributed by atoms with Crippen molar-refractivity contribution in [1.82, 2.24) is 4.90 Å². The highest BCUT2D eigenvalue weighted by Gasteiger charge is 2.18. The first-order valence-corrected chi connectivity index (χ1v) is 9.65. The largest absolute Gasteiger partial charge is 0.497 e. The number of amides is 2. The summed E-state index contributed by atoms with van der Waals surface area (Å²) in [5.41, 5.74) is 1.53. The Hall–Kier alpha value is -3.61. The number of furan rings is 1. The zero-order valence-electron chi connectivity index (χ0n) is 17.4. The van der Waals surface area contributed by atoms with E-state index in [1.54, 1.807) is 49.6 Å². The van der Waals surface area contributed by atoms with Gasteiger partial charge in [-0.05, 0) is 48.9 Å². The number of nitrogens with zero attached hydrogens (tertiary/aromatic N) is 1. The minimum atomic E-state index is -0.274. The number of benzene rings is 2. The lowest BCUT2D eigenvalue weighted by Crippen LogP contribution is -2.34. The highest BCUT2D eigenvalue weighted by atomic mass is 16.5. The Kier molecular flexibility index (Phi) is 7.21. The Morgan fingerprint density at radius 2 is 1.77 bits per heavy atom. The number of hydrogen-bond donors (Lipinski definition) is 1. The Balaban J connectivity index is 1.78. The Labute approximate surface area is 176 Å². The van der Waals surface area contributed by atoms with Gasteiger partial charge in [0.05, 0.1) is 39.3 Å². The molecule has 2 aromatic carbocycles. The van der Waals surface area contributed by atoms with Crippen LogP contribution in [0.2, 0.25) is 0 Å². The van der Waals surface area contributed by atoms with Crippen molar-refractivity contribution < 1.29 is 23.4 Å². The fourth-order valence-corrected chi connectivity index (χ4v) is 2.96. The number of methoxy groups -OCH3 is 2. The van der Waals surface area contributed by atoms with Gasteiger partial charge in [-0.2, -0.15) is 0 Å². The molecule has 0 aliphatic carbocycles. The van der Waals surface area contributed by atoms with Crippen LogP contribution in [0.1, 0.15) is 18.2 Å². The number of ether oxygens (including phenoxy) is 3. The normalized spacial score (nSPS) is 10.4. The summed E-state index contributed by atoms with van der Waals surface area (Å²) >= 11 is 0. The molecule has 0 aliphatic rings. The predicted molar refractivity (Wildman–Crippen MR) is 114 cm³/mol. The molecule has 158 valence electrons. The summed E-state index contributed by atoms with van der Waals surface area (Å²) in [6.07, 6.45) is 1.59. The first kappa shape index (κ1) is 21.1. The molecule has 1 heterocycles. The van der Waals surface area contributed by atoms with Crippen LogP contribution in [0.5, 0.6) is 17.2 Å². The molecule has 2 amide bonds. The van der Waals surface area contributed by atoms with Crippen LogP contribution in [-0.4, -0.2) is 31.8 Å². The molecule has 3 aromatic rings. The number of anilines is 1. The third-order valence-electron chi connectivity index (χ3n) is 4.47. The van der Waals surface area contributed by atoms with E-state index in [1.807, 2.05) is 37.3 Å². The summed E-state index contributed by atoms with van der Waals surface area (Å²) < 4.78 is 21.5. The molecular formula is C23H26N2O5. The molecule has 0 atom stereocenters. The molecule has 0 radical (unpaired) electrons. The van der Waals surface area contributed by atoms with Crippen molar-refractivity contribution in [3.8, 4) is 17.2 Å². The van der Waals surface area contributed by atoms with E-state index in [0.29, 0.717) is 42.6 Å². The number of carbonyl (C=O) groups is 1. The number of rotatable bonds is 9. The van der Waals surface area contributed by atoms with Crippen LogP contribution in [0.4, 0.5) is 10.5 Å². The van der Waals surface area contributed by atoms with Crippen molar-refractivity contribution in [2.45, 2.75) is 20.0 Å². The van der Waals surface area contributed by atoms with Crippen LogP contribution < -0.4 is 19.5 Å². The zero-order valence-corrected chi connectivity index (χ0v) is 17.4. The second-order valence-corrected chi connectivity index (χ2v) is 6.51. The van der Waals surface area contributed by atoms with Crippen molar-refractivity contribution in [3.63, 3.8) is 0 Å². The fourth-order valence-electron chi connectivity index (χ4n) is 2.96. The number of urea groups is 1. The zero-order chi connectivity index (χ0) is 21.3. The minimum Gasteiger partial charge on any atom is -0.497 e. The van der Waals surface area contributed by atoms with E-state index in [-0.39, 0.29) is 6.03 Å². The molecule has 1 aromatic heterocycles. The number of carbonyl (C=O) groups excluding carboxylic acids is 1. The maximum atomic E-state index is 13.1. The van der Waals surface area contributed by atoms with Gasteiger partial charge in [-0.1, -0.05) is 12.1 Å². The highest BCUT2D eigenvalue weighted by molar-refractivity contribution is 5.91. The molecule has 0 aliphatic heterocycles. The molecule has 0 fully saturated rings. The molecule has 0 spiro atoms. The molecule has 0 saturated heterocycles. The SMILES string of the molecule is CCOc1ccc(CN(Cc2ccco2)C(=O)Nc2ccc(OC)cc2OC)cc1. The standard InChI is InChI=1S/C23H26N2O5/c1-4-29-18-9-7-17(8-10-18)15-25(16-20-6-5-13-30-20)23(26)24-21-12-11-19(27-2)14-22(21)28-3/h5-14H,4,15-16H2,1-3H3,(H,24,26). The lowest BCUT2D eigenvalue weighted by Gasteiger charge is -2.23. The number of hydrogen-bond acceptors (Lipinski definition) is 5. The quantitative estimate of drug-likeness (QED) is 0.541. The van der Waals surface area contributed by atoms with Crippen molar-refractivity contribution in [2.24, 2.45) is 0 Å². The van der Waals surface area contributed by atoms with Crippen LogP contribution in [0.15, 0.2) is 65.3 Å². The van der Waals surface area contributed by atoms with Crippen LogP contribution in [0.25, 0.3) is 0 Å². The second kappa shape index (κ2) is 10.2. The summed E-state index contributed by atoms with van der Waals surface area (Å²) in [4.78, 5) is 14.8. The molecule has 0 bridgehead atoms. The predicted octanol–water partition coefficient (Wildman–Crippen LogP) is 4.93. The van der Waals surface area contributed by atoms with Gasteiger partial charge in [-0.15, -0.1) is 0 Å². The van der Waals surface area contributed by atoms with Gasteiger partial charge in [0.2, 0.25) is 0 Å². The maximum Gasteiger partial charge on any atom is 0.322 e. The van der Waals surface area contributed by atoms with Crippen molar-refractivity contribution in [1.29, 1.82) is 0 Å². The maximum absolute atomic E-state index is 13.1. The average Bonchev–Trinajstić information content (AvgIpc) is 3.28. The summed E-state index contributed by atoms with van der Waals surface area (Å²) in [6.45, 7) is 3.27. The summed E-state index contributed by atoms with van der Waals surface area (Å²) in [5.74, 6) is 2.65. The van der Waals surface area contributed by atoms with Gasteiger partial charge >= 0.3 is 6.03 Å². The highest BCUT2D eigenvalue weighted by Crippen LogP contribution is 2.29. The van der Waals surface area contributed by atoms with E-state index in [1.165, 1.54) is 0 Å². The van der Waals surface area contributed by atoms with E-state index in [2.05, 4.69) is 5.32 Å². The van der Waals surface area contributed by atoms with E-state index in [4.69, 9.17) is 18.6 Å². The van der Waals surface area contributed by atoms with Gasteiger partial charge in [0.15, 0.2) is 0 Å². The third kappa shape index (κ3) is 5.47. The molecular weight excluding hydrogens is 384 g/mol. The van der Waals surface area contributed by atoms with Crippen LogP contribution in [-0.2, 0) is 13.1 Å². The van der Waals surface area contributed by atoms with Gasteiger partial charge in [0, 0.05) is 12.6 Å². The van der Waals surface area contributed by atoms with E-state index in [0.717, 1.165) is 11.3 Å². The topological polar surface area (TPSA) is 73.2 Å². The van der Waals surface area contributed by atoms with Crippen molar-refractivity contribution >= 4 is 11.7 Å². The van der Waals surface area contributed by atoms with Gasteiger partial charge in [0.1, 0.15) is 23.0 Å². The Morgan fingerprint density at radius 1 is 1.00 bits per heavy atom. The van der Waals surface area contributed by atoms with Gasteiger partial charge in [-0.3, -0.25) is 0 Å². The smallest absolute Gasteiger partial charge is 0.322 e. The molecule has 30 heavy (non-hydrogen) atoms.